The van der Waals surface area contributed by atoms with Gasteiger partial charge in [0.2, 0.25) is 0 Å². The maximum absolute atomic E-state index is 6.50. The van der Waals surface area contributed by atoms with E-state index in [0.29, 0.717) is 0 Å². The van der Waals surface area contributed by atoms with E-state index in [2.05, 4.69) is 157 Å². The molecule has 0 fully saturated rings. The van der Waals surface area contributed by atoms with Crippen molar-refractivity contribution in [3.05, 3.63) is 164 Å². The first kappa shape index (κ1) is 26.0. The predicted octanol–water partition coefficient (Wildman–Crippen LogP) is 12.9. The lowest BCUT2D eigenvalue weighted by Crippen LogP contribution is -2.09. The summed E-state index contributed by atoms with van der Waals surface area (Å²) in [5.74, 6) is 0. The summed E-state index contributed by atoms with van der Waals surface area (Å²) in [5.41, 5.74) is 8.94. The summed E-state index contributed by atoms with van der Waals surface area (Å²) < 4.78 is 12.8. The number of hydrogen-bond acceptors (Lipinski definition) is 3. The Bertz CT molecular complexity index is 2800. The Morgan fingerprint density at radius 3 is 1.55 bits per heavy atom. The van der Waals surface area contributed by atoms with E-state index >= 15 is 0 Å². The van der Waals surface area contributed by atoms with Crippen LogP contribution in [0.5, 0.6) is 0 Å². The zero-order valence-electron chi connectivity index (χ0n) is 25.4. The third kappa shape index (κ3) is 4.21. The van der Waals surface area contributed by atoms with Crippen LogP contribution in [0, 0.1) is 0 Å². The molecule has 3 nitrogen and oxygen atoms in total. The van der Waals surface area contributed by atoms with Crippen molar-refractivity contribution in [1.29, 1.82) is 0 Å². The Morgan fingerprint density at radius 2 is 0.809 bits per heavy atom. The normalized spacial score (nSPS) is 11.8. The average Bonchev–Trinajstić information content (AvgIpc) is 3.67. The van der Waals surface area contributed by atoms with Crippen LogP contribution in [-0.2, 0) is 0 Å². The lowest BCUT2D eigenvalue weighted by Gasteiger charge is -2.25. The van der Waals surface area contributed by atoms with Gasteiger partial charge in [0.05, 0.1) is 0 Å². The molecule has 0 saturated carbocycles. The van der Waals surface area contributed by atoms with E-state index in [1.54, 1.807) is 0 Å². The lowest BCUT2D eigenvalue weighted by molar-refractivity contribution is 0.669. The molecule has 2 heterocycles. The van der Waals surface area contributed by atoms with Gasteiger partial charge in [0, 0.05) is 50.7 Å². The van der Waals surface area contributed by atoms with Crippen LogP contribution >= 0.6 is 0 Å². The van der Waals surface area contributed by atoms with E-state index in [-0.39, 0.29) is 0 Å². The van der Waals surface area contributed by atoms with Gasteiger partial charge in [0.1, 0.15) is 22.3 Å². The molecule has 0 aliphatic heterocycles. The van der Waals surface area contributed by atoms with E-state index in [1.165, 1.54) is 32.7 Å². The van der Waals surface area contributed by atoms with Gasteiger partial charge >= 0.3 is 0 Å². The summed E-state index contributed by atoms with van der Waals surface area (Å²) >= 11 is 0. The summed E-state index contributed by atoms with van der Waals surface area (Å²) in [6.45, 7) is 0. The third-order valence-electron chi connectivity index (χ3n) is 9.41. The molecule has 0 N–H and O–H groups in total. The summed E-state index contributed by atoms with van der Waals surface area (Å²) in [6.07, 6.45) is 0. The second-order valence-corrected chi connectivity index (χ2v) is 12.2. The van der Waals surface area contributed by atoms with Gasteiger partial charge in [-0.05, 0) is 93.3 Å². The number of hydrogen-bond donors (Lipinski definition) is 0. The van der Waals surface area contributed by atoms with Gasteiger partial charge in [-0.3, -0.25) is 0 Å². The molecule has 47 heavy (non-hydrogen) atoms. The Labute approximate surface area is 270 Å². The number of nitrogens with zero attached hydrogens (tertiary/aromatic N) is 1. The van der Waals surface area contributed by atoms with E-state index in [9.17, 15) is 0 Å². The van der Waals surface area contributed by atoms with Gasteiger partial charge in [0.25, 0.3) is 0 Å². The smallest absolute Gasteiger partial charge is 0.137 e. The number of furan rings is 2. The monoisotopic (exact) mass is 601 g/mol. The number of para-hydroxylation sites is 1. The highest BCUT2D eigenvalue weighted by atomic mass is 16.3. The molecular formula is C44H27NO2. The third-order valence-corrected chi connectivity index (χ3v) is 9.41. The number of fused-ring (bicyclic) bond motifs is 8. The molecule has 0 unspecified atom stereocenters. The zero-order chi connectivity index (χ0) is 30.9. The van der Waals surface area contributed by atoms with E-state index in [0.717, 1.165) is 60.9 Å². The number of anilines is 3. The first-order chi connectivity index (χ1) is 23.2. The van der Waals surface area contributed by atoms with Crippen LogP contribution in [0.2, 0.25) is 0 Å². The summed E-state index contributed by atoms with van der Waals surface area (Å²) in [4.78, 5) is 2.28. The van der Waals surface area contributed by atoms with Crippen LogP contribution < -0.4 is 4.90 Å². The average molecular weight is 602 g/mol. The largest absolute Gasteiger partial charge is 0.456 e. The first-order valence-electron chi connectivity index (χ1n) is 15.9. The van der Waals surface area contributed by atoms with E-state index in [1.807, 2.05) is 12.1 Å². The minimum atomic E-state index is 0.857. The molecule has 0 saturated heterocycles. The van der Waals surface area contributed by atoms with Crippen LogP contribution in [-0.4, -0.2) is 0 Å². The fraction of sp³-hybridized carbons (Fsp3) is 0. The van der Waals surface area contributed by atoms with Crippen molar-refractivity contribution < 1.29 is 8.83 Å². The topological polar surface area (TPSA) is 29.5 Å². The van der Waals surface area contributed by atoms with Crippen molar-refractivity contribution in [2.24, 2.45) is 0 Å². The van der Waals surface area contributed by atoms with Crippen molar-refractivity contribution in [2.45, 2.75) is 0 Å². The Kier molecular flexibility index (Phi) is 5.57. The van der Waals surface area contributed by atoms with Gasteiger partial charge in [-0.2, -0.15) is 0 Å². The van der Waals surface area contributed by atoms with Gasteiger partial charge in [-0.25, -0.2) is 0 Å². The van der Waals surface area contributed by atoms with Crippen molar-refractivity contribution in [3.8, 4) is 11.1 Å². The molecule has 0 aliphatic rings. The SMILES string of the molecule is c1ccc2cc(-c3ccc(N(c4ccc5c(c4)oc4ccccc45)c4ccc5c(c4)oc4cc6ccccc6cc45)cc3)ccc2c1. The van der Waals surface area contributed by atoms with E-state index < -0.39 is 0 Å². The molecule has 10 rings (SSSR count). The lowest BCUT2D eigenvalue weighted by atomic mass is 10.0. The standard InChI is InChI=1S/C44H27NO2/c1-2-8-30-23-33(14-13-28(30)7-1)29-15-17-34(18-16-29)45(35-19-21-38-37-11-5-6-12-41(37)46-43(38)26-35)36-20-22-39-40-24-31-9-3-4-10-32(31)25-42(40)47-44(39)27-36/h1-27H. The molecule has 2 aromatic heterocycles. The highest BCUT2D eigenvalue weighted by molar-refractivity contribution is 6.11. The van der Waals surface area contributed by atoms with Crippen molar-refractivity contribution >= 4 is 82.5 Å². The van der Waals surface area contributed by atoms with Crippen LogP contribution in [0.25, 0.3) is 76.5 Å². The van der Waals surface area contributed by atoms with Crippen molar-refractivity contribution in [3.63, 3.8) is 0 Å². The molecule has 0 radical (unpaired) electrons. The predicted molar refractivity (Wildman–Crippen MR) is 196 cm³/mol. The molecule has 10 aromatic rings. The van der Waals surface area contributed by atoms with Crippen LogP contribution in [0.15, 0.2) is 173 Å². The van der Waals surface area contributed by atoms with Gasteiger partial charge in [-0.1, -0.05) is 91.0 Å². The maximum Gasteiger partial charge on any atom is 0.137 e. The minimum absolute atomic E-state index is 0.857. The summed E-state index contributed by atoms with van der Waals surface area (Å²) in [6, 6.07) is 58.0. The fourth-order valence-corrected chi connectivity index (χ4v) is 7.06. The number of rotatable bonds is 4. The Balaban J connectivity index is 1.13. The summed E-state index contributed by atoms with van der Waals surface area (Å²) in [5, 5.41) is 9.32. The number of benzene rings is 8. The molecule has 0 atom stereocenters. The van der Waals surface area contributed by atoms with Crippen LogP contribution in [0.1, 0.15) is 0 Å². The first-order valence-corrected chi connectivity index (χ1v) is 15.9. The van der Waals surface area contributed by atoms with Crippen molar-refractivity contribution in [1.82, 2.24) is 0 Å². The minimum Gasteiger partial charge on any atom is -0.456 e. The molecule has 0 aliphatic carbocycles. The molecule has 8 aromatic carbocycles. The maximum atomic E-state index is 6.50. The molecular weight excluding hydrogens is 574 g/mol. The molecule has 0 bridgehead atoms. The highest BCUT2D eigenvalue weighted by Gasteiger charge is 2.18. The second kappa shape index (κ2) is 10.1. The highest BCUT2D eigenvalue weighted by Crippen LogP contribution is 2.42. The van der Waals surface area contributed by atoms with E-state index in [4.69, 9.17) is 8.83 Å². The Hall–Kier alpha value is -6.32. The van der Waals surface area contributed by atoms with Gasteiger partial charge in [0.15, 0.2) is 0 Å². The molecule has 0 spiro atoms. The molecule has 3 heteroatoms. The summed E-state index contributed by atoms with van der Waals surface area (Å²) in [7, 11) is 0. The van der Waals surface area contributed by atoms with Crippen LogP contribution in [0.4, 0.5) is 17.1 Å². The van der Waals surface area contributed by atoms with Gasteiger partial charge in [-0.15, -0.1) is 0 Å². The molecule has 0 amide bonds. The quantitative estimate of drug-likeness (QED) is 0.201. The fourth-order valence-electron chi connectivity index (χ4n) is 7.06. The van der Waals surface area contributed by atoms with Crippen LogP contribution in [0.3, 0.4) is 0 Å². The zero-order valence-corrected chi connectivity index (χ0v) is 25.4. The van der Waals surface area contributed by atoms with Gasteiger partial charge < -0.3 is 13.7 Å². The second-order valence-electron chi connectivity index (χ2n) is 12.2. The Morgan fingerprint density at radius 1 is 0.298 bits per heavy atom. The van der Waals surface area contributed by atoms with Crippen molar-refractivity contribution in [2.75, 3.05) is 4.90 Å². The molecule has 220 valence electrons.